The van der Waals surface area contributed by atoms with Crippen molar-refractivity contribution in [1.82, 2.24) is 14.8 Å². The van der Waals surface area contributed by atoms with Gasteiger partial charge in [-0.15, -0.1) is 0 Å². The Balaban J connectivity index is 2.45. The van der Waals surface area contributed by atoms with Gasteiger partial charge in [0.2, 0.25) is 5.82 Å². The fraction of sp³-hybridized carbons (Fsp3) is 0.100. The van der Waals surface area contributed by atoms with Crippen molar-refractivity contribution in [1.29, 1.82) is 0 Å². The smallest absolute Gasteiger partial charge is 0.373 e. The lowest BCUT2D eigenvalue weighted by Crippen LogP contribution is -2.06. The molecule has 0 unspecified atom stereocenters. The molecule has 0 radical (unpaired) electrons. The summed E-state index contributed by atoms with van der Waals surface area (Å²) >= 11 is 5.75. The maximum atomic E-state index is 10.8. The molecule has 82 valence electrons. The average molecular weight is 238 g/mol. The van der Waals surface area contributed by atoms with Gasteiger partial charge in [-0.2, -0.15) is 5.10 Å². The quantitative estimate of drug-likeness (QED) is 0.865. The van der Waals surface area contributed by atoms with Crippen LogP contribution in [0.5, 0.6) is 0 Å². The highest BCUT2D eigenvalue weighted by atomic mass is 35.5. The van der Waals surface area contributed by atoms with Crippen molar-refractivity contribution < 1.29 is 9.90 Å². The largest absolute Gasteiger partial charge is 0.475 e. The van der Waals surface area contributed by atoms with Crippen LogP contribution in [0.4, 0.5) is 0 Å². The normalized spacial score (nSPS) is 10.4. The van der Waals surface area contributed by atoms with E-state index in [0.717, 1.165) is 5.56 Å². The first kappa shape index (κ1) is 10.6. The van der Waals surface area contributed by atoms with E-state index >= 15 is 0 Å². The number of carboxylic acids is 1. The zero-order chi connectivity index (χ0) is 11.7. The van der Waals surface area contributed by atoms with Gasteiger partial charge >= 0.3 is 5.97 Å². The number of nitrogens with zero attached hydrogens (tertiary/aromatic N) is 3. The highest BCUT2D eigenvalue weighted by molar-refractivity contribution is 6.30. The molecule has 1 heterocycles. The van der Waals surface area contributed by atoms with Gasteiger partial charge in [0.05, 0.1) is 0 Å². The van der Waals surface area contributed by atoms with E-state index in [2.05, 4.69) is 10.1 Å². The van der Waals surface area contributed by atoms with Gasteiger partial charge in [0.1, 0.15) is 0 Å². The molecule has 2 rings (SSSR count). The zero-order valence-electron chi connectivity index (χ0n) is 8.38. The van der Waals surface area contributed by atoms with Gasteiger partial charge in [0.25, 0.3) is 0 Å². The summed E-state index contributed by atoms with van der Waals surface area (Å²) in [4.78, 5) is 14.7. The van der Waals surface area contributed by atoms with Crippen LogP contribution in [-0.2, 0) is 7.05 Å². The summed E-state index contributed by atoms with van der Waals surface area (Å²) in [6, 6.07) is 6.88. The number of aromatic carboxylic acids is 1. The Morgan fingerprint density at radius 1 is 1.38 bits per heavy atom. The van der Waals surface area contributed by atoms with Crippen LogP contribution in [0.2, 0.25) is 5.02 Å². The number of carboxylic acid groups (broad SMARTS) is 1. The van der Waals surface area contributed by atoms with Gasteiger partial charge in [-0.05, 0) is 24.3 Å². The molecule has 6 heteroatoms. The Bertz CT molecular complexity index is 533. The van der Waals surface area contributed by atoms with E-state index < -0.39 is 5.97 Å². The number of carbonyl (C=O) groups is 1. The van der Waals surface area contributed by atoms with Gasteiger partial charge in [0, 0.05) is 17.6 Å². The third kappa shape index (κ3) is 1.90. The first-order valence-electron chi connectivity index (χ1n) is 4.48. The molecule has 0 atom stereocenters. The van der Waals surface area contributed by atoms with Gasteiger partial charge < -0.3 is 5.11 Å². The Labute approximate surface area is 96.3 Å². The predicted octanol–water partition coefficient (Wildman–Crippen LogP) is 1.83. The molecule has 0 amide bonds. The molecular formula is C10H8ClN3O2. The van der Waals surface area contributed by atoms with Crippen molar-refractivity contribution in [2.24, 2.45) is 7.05 Å². The van der Waals surface area contributed by atoms with Crippen LogP contribution in [0, 0.1) is 0 Å². The highest BCUT2D eigenvalue weighted by Gasteiger charge is 2.14. The molecule has 0 saturated carbocycles. The minimum absolute atomic E-state index is 0.0926. The monoisotopic (exact) mass is 237 g/mol. The van der Waals surface area contributed by atoms with Crippen molar-refractivity contribution >= 4 is 17.6 Å². The lowest BCUT2D eigenvalue weighted by Gasteiger charge is -1.93. The maximum Gasteiger partial charge on any atom is 0.373 e. The Hall–Kier alpha value is -1.88. The molecule has 0 bridgehead atoms. The number of hydrogen-bond acceptors (Lipinski definition) is 3. The van der Waals surface area contributed by atoms with Gasteiger partial charge in [-0.25, -0.2) is 14.5 Å². The third-order valence-electron chi connectivity index (χ3n) is 2.06. The fourth-order valence-electron chi connectivity index (χ4n) is 1.29. The summed E-state index contributed by atoms with van der Waals surface area (Å²) in [5.41, 5.74) is 0.729. The summed E-state index contributed by atoms with van der Waals surface area (Å²) in [5, 5.41) is 13.4. The lowest BCUT2D eigenvalue weighted by molar-refractivity contribution is 0.0678. The second kappa shape index (κ2) is 3.94. The highest BCUT2D eigenvalue weighted by Crippen LogP contribution is 2.18. The molecule has 0 saturated heterocycles. The van der Waals surface area contributed by atoms with Crippen LogP contribution in [0.25, 0.3) is 11.4 Å². The number of halogens is 1. The van der Waals surface area contributed by atoms with E-state index in [1.165, 1.54) is 11.7 Å². The number of aryl methyl sites for hydroxylation is 1. The molecule has 1 aromatic heterocycles. The van der Waals surface area contributed by atoms with Crippen molar-refractivity contribution in [2.75, 3.05) is 0 Å². The van der Waals surface area contributed by atoms with E-state index in [1.54, 1.807) is 24.3 Å². The predicted molar refractivity (Wildman–Crippen MR) is 58.4 cm³/mol. The number of hydrogen-bond donors (Lipinski definition) is 1. The van der Waals surface area contributed by atoms with Crippen LogP contribution in [0.3, 0.4) is 0 Å². The first-order valence-corrected chi connectivity index (χ1v) is 4.86. The van der Waals surface area contributed by atoms with Crippen molar-refractivity contribution in [3.63, 3.8) is 0 Å². The minimum atomic E-state index is -1.10. The van der Waals surface area contributed by atoms with Gasteiger partial charge in [-0.1, -0.05) is 11.6 Å². The Kier molecular flexibility index (Phi) is 2.62. The zero-order valence-corrected chi connectivity index (χ0v) is 9.14. The first-order chi connectivity index (χ1) is 7.58. The average Bonchev–Trinajstić information content (AvgIpc) is 2.61. The Morgan fingerprint density at radius 3 is 2.50 bits per heavy atom. The van der Waals surface area contributed by atoms with Crippen molar-refractivity contribution in [3.05, 3.63) is 35.1 Å². The molecule has 0 aliphatic carbocycles. The molecule has 5 nitrogen and oxygen atoms in total. The summed E-state index contributed by atoms with van der Waals surface area (Å²) < 4.78 is 1.23. The number of aromatic nitrogens is 3. The second-order valence-corrected chi connectivity index (χ2v) is 3.63. The van der Waals surface area contributed by atoms with E-state index in [9.17, 15) is 4.79 Å². The molecule has 0 fully saturated rings. The van der Waals surface area contributed by atoms with Crippen LogP contribution < -0.4 is 0 Å². The van der Waals surface area contributed by atoms with Gasteiger partial charge in [-0.3, -0.25) is 0 Å². The van der Waals surface area contributed by atoms with Crippen LogP contribution in [0.15, 0.2) is 24.3 Å². The van der Waals surface area contributed by atoms with E-state index in [-0.39, 0.29) is 5.82 Å². The lowest BCUT2D eigenvalue weighted by atomic mass is 10.2. The van der Waals surface area contributed by atoms with E-state index in [4.69, 9.17) is 16.7 Å². The molecule has 0 aliphatic heterocycles. The maximum absolute atomic E-state index is 10.8. The second-order valence-electron chi connectivity index (χ2n) is 3.19. The molecule has 16 heavy (non-hydrogen) atoms. The summed E-state index contributed by atoms with van der Waals surface area (Å²) in [7, 11) is 1.54. The standard InChI is InChI=1S/C10H8ClN3O2/c1-14-9(10(15)16)12-8(13-14)6-2-4-7(11)5-3-6/h2-5H,1H3,(H,15,16). The van der Waals surface area contributed by atoms with Crippen LogP contribution in [-0.4, -0.2) is 25.8 Å². The van der Waals surface area contributed by atoms with Crippen molar-refractivity contribution in [2.45, 2.75) is 0 Å². The molecular weight excluding hydrogens is 230 g/mol. The van der Waals surface area contributed by atoms with Crippen LogP contribution >= 0.6 is 11.6 Å². The minimum Gasteiger partial charge on any atom is -0.475 e. The summed E-state index contributed by atoms with van der Waals surface area (Å²) in [5.74, 6) is -0.822. The van der Waals surface area contributed by atoms with E-state index in [0.29, 0.717) is 10.8 Å². The SMILES string of the molecule is Cn1nc(-c2ccc(Cl)cc2)nc1C(=O)O. The molecule has 1 N–H and O–H groups in total. The van der Waals surface area contributed by atoms with Gasteiger partial charge in [0.15, 0.2) is 5.82 Å². The van der Waals surface area contributed by atoms with E-state index in [1.807, 2.05) is 0 Å². The molecule has 1 aromatic carbocycles. The summed E-state index contributed by atoms with van der Waals surface area (Å²) in [6.07, 6.45) is 0. The third-order valence-corrected chi connectivity index (χ3v) is 2.31. The molecule has 0 aliphatic rings. The number of benzene rings is 1. The molecule has 0 spiro atoms. The Morgan fingerprint density at radius 2 is 2.00 bits per heavy atom. The summed E-state index contributed by atoms with van der Waals surface area (Å²) in [6.45, 7) is 0. The topological polar surface area (TPSA) is 68.0 Å². The van der Waals surface area contributed by atoms with Crippen molar-refractivity contribution in [3.8, 4) is 11.4 Å². The fourth-order valence-corrected chi connectivity index (χ4v) is 1.42. The van der Waals surface area contributed by atoms with Crippen LogP contribution in [0.1, 0.15) is 10.6 Å². The molecule has 2 aromatic rings. The number of rotatable bonds is 2.